The number of anilines is 1. The van der Waals surface area contributed by atoms with Crippen molar-refractivity contribution in [1.82, 2.24) is 0 Å². The molecule has 0 spiro atoms. The van der Waals surface area contributed by atoms with E-state index in [4.69, 9.17) is 20.6 Å². The van der Waals surface area contributed by atoms with Gasteiger partial charge in [-0.1, -0.05) is 18.1 Å². The van der Waals surface area contributed by atoms with Gasteiger partial charge in [-0.05, 0) is 19.1 Å². The number of nitriles is 1. The summed E-state index contributed by atoms with van der Waals surface area (Å²) in [6, 6.07) is 6.14. The van der Waals surface area contributed by atoms with Gasteiger partial charge in [0.25, 0.3) is 0 Å². The zero-order chi connectivity index (χ0) is 20.9. The van der Waals surface area contributed by atoms with Crippen molar-refractivity contribution >= 4 is 23.6 Å². The van der Waals surface area contributed by atoms with Gasteiger partial charge in [0.05, 0.1) is 38.1 Å². The summed E-state index contributed by atoms with van der Waals surface area (Å²) in [4.78, 5) is 39.8. The molecule has 2 rings (SSSR count). The zero-order valence-electron chi connectivity index (χ0n) is 15.8. The van der Waals surface area contributed by atoms with Crippen LogP contribution in [0.3, 0.4) is 0 Å². The van der Waals surface area contributed by atoms with E-state index in [0.717, 1.165) is 14.2 Å². The van der Waals surface area contributed by atoms with Crippen molar-refractivity contribution in [2.24, 2.45) is 5.41 Å². The summed E-state index contributed by atoms with van der Waals surface area (Å²) in [7, 11) is 2.21. The lowest BCUT2D eigenvalue weighted by atomic mass is 9.79. The Morgan fingerprint density at radius 2 is 1.86 bits per heavy atom. The minimum Gasteiger partial charge on any atom is -0.468 e. The van der Waals surface area contributed by atoms with Crippen LogP contribution in [0.25, 0.3) is 0 Å². The molecule has 0 N–H and O–H groups in total. The summed E-state index contributed by atoms with van der Waals surface area (Å²) < 4.78 is 14.8. The van der Waals surface area contributed by atoms with Crippen LogP contribution in [0.2, 0.25) is 0 Å². The number of para-hydroxylation sites is 1. The van der Waals surface area contributed by atoms with Gasteiger partial charge in [0.1, 0.15) is 6.07 Å². The van der Waals surface area contributed by atoms with Crippen molar-refractivity contribution in [3.8, 4) is 18.4 Å². The highest BCUT2D eigenvalue weighted by Gasteiger charge is 2.67. The number of hydrogen-bond donors (Lipinski definition) is 0. The van der Waals surface area contributed by atoms with E-state index in [9.17, 15) is 19.6 Å². The van der Waals surface area contributed by atoms with E-state index in [1.165, 1.54) is 4.90 Å². The molecule has 2 unspecified atom stereocenters. The molecule has 0 aliphatic carbocycles. The standard InChI is InChI=1S/C20H20N2O6/c1-5-14-11-20(18(24)26-3,19(25)27-4)16(17(23)28-6-2)22(14)15-10-8-7-9-13(15)12-21/h1,7-10,14,16H,6,11H2,2-4H3. The summed E-state index contributed by atoms with van der Waals surface area (Å²) >= 11 is 0. The second-order valence-electron chi connectivity index (χ2n) is 6.03. The predicted octanol–water partition coefficient (Wildman–Crippen LogP) is 1.03. The quantitative estimate of drug-likeness (QED) is 0.321. The van der Waals surface area contributed by atoms with Gasteiger partial charge in [-0.3, -0.25) is 9.59 Å². The number of methoxy groups -OCH3 is 2. The molecule has 0 aromatic heterocycles. The Morgan fingerprint density at radius 3 is 2.36 bits per heavy atom. The number of benzene rings is 1. The van der Waals surface area contributed by atoms with Crippen molar-refractivity contribution in [1.29, 1.82) is 5.26 Å². The number of ether oxygens (including phenoxy) is 3. The van der Waals surface area contributed by atoms with E-state index >= 15 is 0 Å². The largest absolute Gasteiger partial charge is 0.468 e. The highest BCUT2D eigenvalue weighted by molar-refractivity contribution is 6.08. The van der Waals surface area contributed by atoms with Crippen LogP contribution in [0.15, 0.2) is 24.3 Å². The average Bonchev–Trinajstić information content (AvgIpc) is 3.08. The number of nitrogens with zero attached hydrogens (tertiary/aromatic N) is 2. The molecule has 0 amide bonds. The molecule has 8 heteroatoms. The van der Waals surface area contributed by atoms with Crippen LogP contribution in [0.4, 0.5) is 5.69 Å². The van der Waals surface area contributed by atoms with Crippen LogP contribution in [0.5, 0.6) is 0 Å². The number of esters is 3. The summed E-state index contributed by atoms with van der Waals surface area (Å²) in [6.45, 7) is 1.61. The van der Waals surface area contributed by atoms with Gasteiger partial charge >= 0.3 is 17.9 Å². The summed E-state index contributed by atoms with van der Waals surface area (Å²) in [5.74, 6) is -0.274. The maximum atomic E-state index is 12.9. The Bertz CT molecular complexity index is 850. The predicted molar refractivity (Wildman–Crippen MR) is 97.8 cm³/mol. The zero-order valence-corrected chi connectivity index (χ0v) is 15.8. The summed E-state index contributed by atoms with van der Waals surface area (Å²) in [5.41, 5.74) is -1.50. The van der Waals surface area contributed by atoms with E-state index in [1.807, 2.05) is 6.07 Å². The lowest BCUT2D eigenvalue weighted by molar-refractivity contribution is -0.174. The molecule has 0 saturated carbocycles. The van der Waals surface area contributed by atoms with E-state index in [1.54, 1.807) is 31.2 Å². The molecule has 146 valence electrons. The normalized spacial score (nSPS) is 19.8. The molecular weight excluding hydrogens is 364 g/mol. The average molecular weight is 384 g/mol. The van der Waals surface area contributed by atoms with Gasteiger partial charge in [0.15, 0.2) is 11.5 Å². The summed E-state index contributed by atoms with van der Waals surface area (Å²) in [6.07, 6.45) is 5.43. The first kappa shape index (κ1) is 20.8. The number of terminal acetylenes is 1. The second-order valence-corrected chi connectivity index (χ2v) is 6.03. The number of hydrogen-bond acceptors (Lipinski definition) is 8. The smallest absolute Gasteiger partial charge is 0.330 e. The number of carbonyl (C=O) groups is 3. The fourth-order valence-electron chi connectivity index (χ4n) is 3.55. The minimum absolute atomic E-state index is 0.0161. The van der Waals surface area contributed by atoms with Crippen LogP contribution >= 0.6 is 0 Å². The van der Waals surface area contributed by atoms with Crippen LogP contribution in [-0.2, 0) is 28.6 Å². The third kappa shape index (κ3) is 3.14. The van der Waals surface area contributed by atoms with Crippen LogP contribution < -0.4 is 4.90 Å². The first-order chi connectivity index (χ1) is 13.4. The molecule has 0 bridgehead atoms. The molecule has 8 nitrogen and oxygen atoms in total. The van der Waals surface area contributed by atoms with E-state index in [0.29, 0.717) is 5.69 Å². The molecule has 1 aliphatic heterocycles. The Kier molecular flexibility index (Phi) is 6.27. The molecule has 1 aliphatic rings. The lowest BCUT2D eigenvalue weighted by Crippen LogP contribution is -2.56. The Hall–Kier alpha value is -3.52. The van der Waals surface area contributed by atoms with Gasteiger partial charge < -0.3 is 19.1 Å². The Labute approximate surface area is 163 Å². The van der Waals surface area contributed by atoms with Crippen molar-refractivity contribution in [3.63, 3.8) is 0 Å². The second kappa shape index (κ2) is 8.45. The first-order valence-corrected chi connectivity index (χ1v) is 8.49. The molecular formula is C20H20N2O6. The van der Waals surface area contributed by atoms with Crippen molar-refractivity contribution in [2.45, 2.75) is 25.4 Å². The van der Waals surface area contributed by atoms with E-state index in [2.05, 4.69) is 5.92 Å². The monoisotopic (exact) mass is 384 g/mol. The molecule has 1 fully saturated rings. The molecule has 1 aromatic rings. The molecule has 1 aromatic carbocycles. The van der Waals surface area contributed by atoms with Gasteiger partial charge in [0.2, 0.25) is 0 Å². The van der Waals surface area contributed by atoms with E-state index < -0.39 is 35.4 Å². The first-order valence-electron chi connectivity index (χ1n) is 8.49. The lowest BCUT2D eigenvalue weighted by Gasteiger charge is -2.33. The van der Waals surface area contributed by atoms with Crippen molar-refractivity contribution < 1.29 is 28.6 Å². The Balaban J connectivity index is 2.80. The van der Waals surface area contributed by atoms with Gasteiger partial charge in [-0.15, -0.1) is 6.42 Å². The van der Waals surface area contributed by atoms with Crippen LogP contribution in [0, 0.1) is 29.1 Å². The summed E-state index contributed by atoms with van der Waals surface area (Å²) in [5, 5.41) is 9.48. The third-order valence-corrected chi connectivity index (χ3v) is 4.70. The Morgan fingerprint density at radius 1 is 1.25 bits per heavy atom. The maximum Gasteiger partial charge on any atom is 0.330 e. The highest BCUT2D eigenvalue weighted by Crippen LogP contribution is 2.46. The topological polar surface area (TPSA) is 106 Å². The third-order valence-electron chi connectivity index (χ3n) is 4.70. The molecule has 1 saturated heterocycles. The molecule has 28 heavy (non-hydrogen) atoms. The molecule has 0 radical (unpaired) electrons. The number of carbonyl (C=O) groups excluding carboxylic acids is 3. The highest BCUT2D eigenvalue weighted by atomic mass is 16.6. The van der Waals surface area contributed by atoms with E-state index in [-0.39, 0.29) is 18.6 Å². The van der Waals surface area contributed by atoms with Crippen LogP contribution in [-0.4, -0.2) is 50.8 Å². The fourth-order valence-corrected chi connectivity index (χ4v) is 3.55. The van der Waals surface area contributed by atoms with Gasteiger partial charge in [0, 0.05) is 6.42 Å². The van der Waals surface area contributed by atoms with Gasteiger partial charge in [-0.2, -0.15) is 5.26 Å². The molecule has 2 atom stereocenters. The van der Waals surface area contributed by atoms with Gasteiger partial charge in [-0.25, -0.2) is 4.79 Å². The maximum absolute atomic E-state index is 12.9. The SMILES string of the molecule is C#CC1CC(C(=O)OC)(C(=O)OC)C(C(=O)OCC)N1c1ccccc1C#N. The van der Waals surface area contributed by atoms with Crippen LogP contribution in [0.1, 0.15) is 18.9 Å². The minimum atomic E-state index is -2.03. The number of rotatable bonds is 5. The molecule has 1 heterocycles. The van der Waals surface area contributed by atoms with Crippen molar-refractivity contribution in [2.75, 3.05) is 25.7 Å². The fraction of sp³-hybridized carbons (Fsp3) is 0.400. The van der Waals surface area contributed by atoms with Crippen molar-refractivity contribution in [3.05, 3.63) is 29.8 Å².